The van der Waals surface area contributed by atoms with Gasteiger partial charge >= 0.3 is 6.09 Å². The average molecular weight is 516 g/mol. The van der Waals surface area contributed by atoms with Crippen LogP contribution < -0.4 is 10.2 Å². The van der Waals surface area contributed by atoms with Gasteiger partial charge in [-0.25, -0.2) is 9.78 Å². The lowest BCUT2D eigenvalue weighted by Gasteiger charge is -2.29. The van der Waals surface area contributed by atoms with Gasteiger partial charge < -0.3 is 15.0 Å². The number of hydrogen-bond donors (Lipinski definition) is 1. The van der Waals surface area contributed by atoms with Crippen LogP contribution >= 0.6 is 23.1 Å². The third-order valence-corrected chi connectivity index (χ3v) is 8.32. The molecule has 5 nitrogen and oxygen atoms in total. The number of fused-ring (bicyclic) bond motifs is 2. The number of benzene rings is 3. The quantitative estimate of drug-likeness (QED) is 0.273. The first-order chi connectivity index (χ1) is 17.5. The minimum atomic E-state index is -0.410. The number of nitrogens with one attached hydrogen (secondary N) is 1. The molecule has 0 saturated carbocycles. The number of thiazole rings is 1. The molecule has 4 aromatic rings. The van der Waals surface area contributed by atoms with Crippen LogP contribution in [-0.4, -0.2) is 24.7 Å². The molecule has 1 amide bonds. The molecule has 0 aliphatic carbocycles. The Morgan fingerprint density at radius 2 is 1.75 bits per heavy atom. The number of nitrogens with zero attached hydrogens (tertiary/aromatic N) is 2. The lowest BCUT2D eigenvalue weighted by molar-refractivity contribution is 0.140. The van der Waals surface area contributed by atoms with Gasteiger partial charge in [0.2, 0.25) is 0 Å². The minimum absolute atomic E-state index is 0.174. The maximum absolute atomic E-state index is 12.5. The van der Waals surface area contributed by atoms with Gasteiger partial charge in [0.1, 0.15) is 5.01 Å². The van der Waals surface area contributed by atoms with Gasteiger partial charge in [-0.2, -0.15) is 0 Å². The zero-order valence-electron chi connectivity index (χ0n) is 20.6. The molecule has 1 atom stereocenters. The molecular weight excluding hydrogens is 486 g/mol. The first-order valence-electron chi connectivity index (χ1n) is 12.1. The number of ether oxygens (including phenoxy) is 1. The zero-order chi connectivity index (χ0) is 25.1. The molecule has 7 heteroatoms. The molecule has 3 aromatic carbocycles. The van der Waals surface area contributed by atoms with Gasteiger partial charge in [0, 0.05) is 34.2 Å². The fourth-order valence-corrected chi connectivity index (χ4v) is 6.42. The molecule has 1 aromatic heterocycles. The second-order valence-electron chi connectivity index (χ2n) is 9.12. The summed E-state index contributed by atoms with van der Waals surface area (Å²) in [6.45, 7) is 4.50. The Morgan fingerprint density at radius 1 is 1.00 bits per heavy atom. The molecule has 5 rings (SSSR count). The van der Waals surface area contributed by atoms with Gasteiger partial charge in [-0.1, -0.05) is 74.1 Å². The van der Waals surface area contributed by atoms with Crippen molar-refractivity contribution in [1.82, 2.24) is 10.3 Å². The maximum Gasteiger partial charge on any atom is 0.407 e. The van der Waals surface area contributed by atoms with E-state index in [2.05, 4.69) is 79.0 Å². The van der Waals surface area contributed by atoms with E-state index in [1.54, 1.807) is 23.1 Å². The van der Waals surface area contributed by atoms with Gasteiger partial charge in [0.05, 0.1) is 29.7 Å². The summed E-state index contributed by atoms with van der Waals surface area (Å²) in [4.78, 5) is 22.2. The largest absolute Gasteiger partial charge is 0.449 e. The molecular formula is C29H29N3O2S2. The Bertz CT molecular complexity index is 1350. The number of hydrogen-bond acceptors (Lipinski definition) is 6. The van der Waals surface area contributed by atoms with Crippen LogP contribution in [0.15, 0.2) is 88.0 Å². The molecule has 184 valence electrons. The van der Waals surface area contributed by atoms with Crippen LogP contribution in [0.5, 0.6) is 0 Å². The van der Waals surface area contributed by atoms with Crippen LogP contribution in [-0.2, 0) is 11.2 Å². The van der Waals surface area contributed by atoms with E-state index in [-0.39, 0.29) is 12.0 Å². The molecule has 1 aliphatic heterocycles. The lowest BCUT2D eigenvalue weighted by Crippen LogP contribution is -2.32. The summed E-state index contributed by atoms with van der Waals surface area (Å²) in [5, 5.41) is 5.98. The molecule has 0 spiro atoms. The number of amides is 1. The Morgan fingerprint density at radius 3 is 2.56 bits per heavy atom. The van der Waals surface area contributed by atoms with Crippen molar-refractivity contribution in [3.8, 4) is 11.3 Å². The molecule has 0 bridgehead atoms. The van der Waals surface area contributed by atoms with E-state index in [4.69, 9.17) is 9.72 Å². The zero-order valence-corrected chi connectivity index (χ0v) is 22.2. The molecule has 0 fully saturated rings. The smallest absolute Gasteiger partial charge is 0.407 e. The summed E-state index contributed by atoms with van der Waals surface area (Å²) in [6, 6.07) is 24.8. The standard InChI is InChI=1S/C29H29N3O2S2/c1-19(2)27(31-29(33)34-16-15-20-9-5-4-6-10-20)28-30-22(18-35-28)21-13-14-26-24(17-21)32(3)23-11-7-8-12-25(23)36-26/h4-14,17-19,27H,15-16H2,1-3H3,(H,31,33). The van der Waals surface area contributed by atoms with Gasteiger partial charge in [0.15, 0.2) is 0 Å². The number of carbonyl (C=O) groups is 1. The molecule has 0 radical (unpaired) electrons. The summed E-state index contributed by atoms with van der Waals surface area (Å²) >= 11 is 3.37. The highest BCUT2D eigenvalue weighted by Crippen LogP contribution is 2.48. The summed E-state index contributed by atoms with van der Waals surface area (Å²) in [5.74, 6) is 0.174. The van der Waals surface area contributed by atoms with Crippen LogP contribution in [0.4, 0.5) is 16.2 Å². The van der Waals surface area contributed by atoms with Crippen molar-refractivity contribution in [3.05, 3.63) is 88.7 Å². The topological polar surface area (TPSA) is 54.5 Å². The fourth-order valence-electron chi connectivity index (χ4n) is 4.25. The van der Waals surface area contributed by atoms with Crippen LogP contribution in [0.1, 0.15) is 30.5 Å². The van der Waals surface area contributed by atoms with Crippen molar-refractivity contribution < 1.29 is 9.53 Å². The number of para-hydroxylation sites is 1. The summed E-state index contributed by atoms with van der Waals surface area (Å²) < 4.78 is 5.46. The van der Waals surface area contributed by atoms with Crippen LogP contribution in [0.25, 0.3) is 11.3 Å². The van der Waals surface area contributed by atoms with Crippen molar-refractivity contribution in [1.29, 1.82) is 0 Å². The van der Waals surface area contributed by atoms with Gasteiger partial charge in [0.25, 0.3) is 0 Å². The normalized spacial score (nSPS) is 13.2. The maximum atomic E-state index is 12.5. The highest BCUT2D eigenvalue weighted by molar-refractivity contribution is 7.99. The second-order valence-corrected chi connectivity index (χ2v) is 11.1. The minimum Gasteiger partial charge on any atom is -0.449 e. The van der Waals surface area contributed by atoms with Crippen molar-refractivity contribution in [3.63, 3.8) is 0 Å². The Kier molecular flexibility index (Phi) is 7.30. The van der Waals surface area contributed by atoms with Crippen LogP contribution in [0.2, 0.25) is 0 Å². The van der Waals surface area contributed by atoms with Crippen molar-refractivity contribution in [2.24, 2.45) is 5.92 Å². The Balaban J connectivity index is 1.28. The average Bonchev–Trinajstić information content (AvgIpc) is 3.38. The van der Waals surface area contributed by atoms with E-state index in [1.165, 1.54) is 21.2 Å². The van der Waals surface area contributed by atoms with Gasteiger partial charge in [-0.15, -0.1) is 11.3 Å². The van der Waals surface area contributed by atoms with E-state index < -0.39 is 6.09 Å². The third kappa shape index (κ3) is 5.27. The molecule has 2 heterocycles. The number of aromatic nitrogens is 1. The first kappa shape index (κ1) is 24.4. The van der Waals surface area contributed by atoms with Gasteiger partial charge in [-0.05, 0) is 35.7 Å². The Labute approximate surface area is 220 Å². The van der Waals surface area contributed by atoms with Crippen LogP contribution in [0, 0.1) is 5.92 Å². The SMILES string of the molecule is CC(C)C(NC(=O)OCCc1ccccc1)c1nc(-c2ccc3c(c2)N(C)c2ccccc2S3)cs1. The predicted molar refractivity (Wildman–Crippen MR) is 148 cm³/mol. The summed E-state index contributed by atoms with van der Waals surface area (Å²) in [6.07, 6.45) is 0.282. The molecule has 1 aliphatic rings. The molecule has 36 heavy (non-hydrogen) atoms. The monoisotopic (exact) mass is 515 g/mol. The predicted octanol–water partition coefficient (Wildman–Crippen LogP) is 7.71. The van der Waals surface area contributed by atoms with Crippen LogP contribution in [0.3, 0.4) is 0 Å². The van der Waals surface area contributed by atoms with E-state index in [1.807, 2.05) is 30.3 Å². The summed E-state index contributed by atoms with van der Waals surface area (Å²) in [5.41, 5.74) is 5.51. The number of anilines is 2. The van der Waals surface area contributed by atoms with Gasteiger partial charge in [-0.3, -0.25) is 0 Å². The lowest BCUT2D eigenvalue weighted by atomic mass is 10.1. The van der Waals surface area contributed by atoms with E-state index in [0.717, 1.165) is 21.8 Å². The number of carbonyl (C=O) groups excluding carboxylic acids is 1. The highest BCUT2D eigenvalue weighted by Gasteiger charge is 2.24. The first-order valence-corrected chi connectivity index (χ1v) is 13.8. The van der Waals surface area contributed by atoms with Crippen molar-refractivity contribution >= 4 is 40.6 Å². The van der Waals surface area contributed by atoms with Crippen molar-refractivity contribution in [2.45, 2.75) is 36.1 Å². The summed E-state index contributed by atoms with van der Waals surface area (Å²) in [7, 11) is 2.11. The Hall–Kier alpha value is -3.29. The molecule has 0 saturated heterocycles. The van der Waals surface area contributed by atoms with E-state index in [9.17, 15) is 4.79 Å². The van der Waals surface area contributed by atoms with Crippen molar-refractivity contribution in [2.75, 3.05) is 18.6 Å². The fraction of sp³-hybridized carbons (Fsp3) is 0.241. The number of rotatable bonds is 7. The molecule has 1 N–H and O–H groups in total. The molecule has 1 unspecified atom stereocenters. The van der Waals surface area contributed by atoms with E-state index in [0.29, 0.717) is 13.0 Å². The van der Waals surface area contributed by atoms with E-state index >= 15 is 0 Å². The number of alkyl carbamates (subject to hydrolysis) is 1. The third-order valence-electron chi connectivity index (χ3n) is 6.26. The highest BCUT2D eigenvalue weighted by atomic mass is 32.2. The second kappa shape index (κ2) is 10.8.